The van der Waals surface area contributed by atoms with E-state index in [2.05, 4.69) is 164 Å². The first-order valence-corrected chi connectivity index (χ1v) is 20.5. The number of unbranched alkanes of at least 4 members (excludes halogenated alkanes) is 4. The van der Waals surface area contributed by atoms with Crippen LogP contribution >= 0.6 is 0 Å². The molecule has 0 bridgehead atoms. The van der Waals surface area contributed by atoms with Gasteiger partial charge in [-0.1, -0.05) is 162 Å². The van der Waals surface area contributed by atoms with Crippen LogP contribution in [-0.4, -0.2) is 10.7 Å². The Hall–Kier alpha value is -4.44. The quantitative estimate of drug-likeness (QED) is 0.101. The van der Waals surface area contributed by atoms with Crippen LogP contribution in [0.3, 0.4) is 0 Å². The van der Waals surface area contributed by atoms with Crippen LogP contribution in [-0.2, 0) is 16.2 Å². The van der Waals surface area contributed by atoms with Gasteiger partial charge in [-0.25, -0.2) is 4.98 Å². The summed E-state index contributed by atoms with van der Waals surface area (Å²) in [7, 11) is 0. The summed E-state index contributed by atoms with van der Waals surface area (Å²) in [4.78, 5) is 4.88. The van der Waals surface area contributed by atoms with Crippen molar-refractivity contribution in [2.75, 3.05) is 5.01 Å². The molecule has 0 radical (unpaired) electrons. The van der Waals surface area contributed by atoms with Crippen molar-refractivity contribution >= 4 is 28.6 Å². The minimum absolute atomic E-state index is 0.0519. The van der Waals surface area contributed by atoms with Gasteiger partial charge in [-0.15, -0.1) is 0 Å². The first-order valence-electron chi connectivity index (χ1n) is 20.5. The van der Waals surface area contributed by atoms with E-state index in [0.717, 1.165) is 34.5 Å². The second-order valence-corrected chi connectivity index (χ2v) is 17.9. The lowest BCUT2D eigenvalue weighted by atomic mass is 9.79. The summed E-state index contributed by atoms with van der Waals surface area (Å²) in [5.74, 6) is 0.639. The fourth-order valence-electron chi connectivity index (χ4n) is 7.72. The van der Waals surface area contributed by atoms with Gasteiger partial charge in [0.25, 0.3) is 0 Å². The minimum atomic E-state index is 0.0519. The largest absolute Gasteiger partial charge is 0.436 e. The van der Waals surface area contributed by atoms with Crippen LogP contribution in [0.2, 0.25) is 0 Å². The molecule has 0 saturated carbocycles. The summed E-state index contributed by atoms with van der Waals surface area (Å²) in [5, 5.41) is 7.45. The zero-order chi connectivity index (χ0) is 38.5. The summed E-state index contributed by atoms with van der Waals surface area (Å²) in [6.45, 7) is 20.7. The van der Waals surface area contributed by atoms with Crippen LogP contribution in [0, 0.1) is 0 Å². The lowest BCUT2D eigenvalue weighted by Gasteiger charge is -2.27. The number of fused-ring (bicyclic) bond motifs is 1. The molecule has 1 unspecified atom stereocenters. The molecule has 4 heteroatoms. The number of rotatable bonds is 15. The van der Waals surface area contributed by atoms with E-state index < -0.39 is 0 Å². The maximum atomic E-state index is 6.22. The number of oxazole rings is 1. The molecule has 4 aromatic carbocycles. The van der Waals surface area contributed by atoms with E-state index in [-0.39, 0.29) is 22.3 Å². The van der Waals surface area contributed by atoms with Gasteiger partial charge in [0.2, 0.25) is 5.89 Å². The highest BCUT2D eigenvalue weighted by Gasteiger charge is 2.29. The summed E-state index contributed by atoms with van der Waals surface area (Å²) in [6.07, 6.45) is 15.3. The average molecular weight is 722 g/mol. The Labute approximate surface area is 325 Å². The molecule has 0 N–H and O–H groups in total. The number of anilines is 1. The molecule has 284 valence electrons. The second-order valence-electron chi connectivity index (χ2n) is 17.9. The molecule has 0 spiro atoms. The van der Waals surface area contributed by atoms with E-state index in [4.69, 9.17) is 14.5 Å². The third-order valence-electron chi connectivity index (χ3n) is 11.6. The Morgan fingerprint density at radius 3 is 1.81 bits per heavy atom. The number of benzene rings is 4. The van der Waals surface area contributed by atoms with Gasteiger partial charge in [-0.2, -0.15) is 5.10 Å². The van der Waals surface area contributed by atoms with Gasteiger partial charge in [-0.3, -0.25) is 5.01 Å². The molecule has 1 aliphatic heterocycles. The molecular formula is C50H63N3O. The van der Waals surface area contributed by atoms with E-state index >= 15 is 0 Å². The molecule has 4 nitrogen and oxygen atoms in total. The average Bonchev–Trinajstić information content (AvgIpc) is 3.79. The van der Waals surface area contributed by atoms with Crippen molar-refractivity contribution < 1.29 is 4.42 Å². The van der Waals surface area contributed by atoms with Crippen LogP contribution in [0.25, 0.3) is 28.6 Å². The summed E-state index contributed by atoms with van der Waals surface area (Å²) in [5.41, 5.74) is 11.7. The summed E-state index contributed by atoms with van der Waals surface area (Å²) >= 11 is 0. The summed E-state index contributed by atoms with van der Waals surface area (Å²) < 4.78 is 6.22. The summed E-state index contributed by atoms with van der Waals surface area (Å²) in [6, 6.07) is 33.4. The third kappa shape index (κ3) is 9.25. The Morgan fingerprint density at radius 2 is 1.24 bits per heavy atom. The van der Waals surface area contributed by atoms with Crippen LogP contribution in [0.15, 0.2) is 107 Å². The Balaban J connectivity index is 1.25. The highest BCUT2D eigenvalue weighted by molar-refractivity contribution is 6.01. The second kappa shape index (κ2) is 16.5. The molecule has 2 heterocycles. The normalized spacial score (nSPS) is 15.5. The van der Waals surface area contributed by atoms with Gasteiger partial charge in [-0.05, 0) is 99.4 Å². The van der Waals surface area contributed by atoms with Crippen molar-refractivity contribution in [1.82, 2.24) is 4.98 Å². The van der Waals surface area contributed by atoms with E-state index in [9.17, 15) is 0 Å². The Kier molecular flexibility index (Phi) is 12.0. The topological polar surface area (TPSA) is 41.6 Å². The van der Waals surface area contributed by atoms with Gasteiger partial charge in [0.1, 0.15) is 5.52 Å². The molecule has 1 atom stereocenters. The standard InChI is InChI=1S/C50H63N3O/c1-10-12-14-32-49(6,7)39-23-16-36(17-24-39)18-28-42-35-45(37-19-25-40(26-20-37)50(8,9)33-15-13-11-2)53(52-42)43-29-21-38(22-30-43)47-51-44-34-41(48(3,4)5)27-31-46(44)54-47/h16-31,34,45H,10-15,32-33,35H2,1-9H3. The first-order chi connectivity index (χ1) is 25.8. The Morgan fingerprint density at radius 1 is 0.667 bits per heavy atom. The number of aromatic nitrogens is 1. The van der Waals surface area contributed by atoms with Gasteiger partial charge in [0.05, 0.1) is 17.4 Å². The molecule has 0 saturated heterocycles. The molecule has 0 aliphatic carbocycles. The fourth-order valence-corrected chi connectivity index (χ4v) is 7.72. The van der Waals surface area contributed by atoms with E-state index in [1.165, 1.54) is 79.2 Å². The number of allylic oxidation sites excluding steroid dienone is 1. The molecule has 1 aliphatic rings. The van der Waals surface area contributed by atoms with Crippen LogP contribution in [0.5, 0.6) is 0 Å². The molecular weight excluding hydrogens is 659 g/mol. The molecule has 0 fully saturated rings. The Bertz CT molecular complexity index is 2040. The number of hydrazone groups is 1. The zero-order valence-electron chi connectivity index (χ0n) is 34.5. The molecule has 1 aromatic heterocycles. The highest BCUT2D eigenvalue weighted by atomic mass is 16.3. The van der Waals surface area contributed by atoms with E-state index in [1.807, 2.05) is 6.07 Å². The predicted molar refractivity (Wildman–Crippen MR) is 232 cm³/mol. The number of nitrogens with zero attached hydrogens (tertiary/aromatic N) is 3. The van der Waals surface area contributed by atoms with Crippen molar-refractivity contribution in [2.45, 2.75) is 142 Å². The lowest BCUT2D eigenvalue weighted by molar-refractivity contribution is 0.450. The van der Waals surface area contributed by atoms with Crippen LogP contribution in [0.4, 0.5) is 5.69 Å². The van der Waals surface area contributed by atoms with Crippen molar-refractivity contribution in [3.63, 3.8) is 0 Å². The van der Waals surface area contributed by atoms with E-state index in [0.29, 0.717) is 5.89 Å². The number of hydrogen-bond donors (Lipinski definition) is 0. The highest BCUT2D eigenvalue weighted by Crippen LogP contribution is 2.39. The smallest absolute Gasteiger partial charge is 0.227 e. The van der Waals surface area contributed by atoms with Gasteiger partial charge in [0.15, 0.2) is 5.58 Å². The first kappa shape index (κ1) is 39.3. The molecule has 6 rings (SSSR count). The fraction of sp³-hybridized carbons (Fsp3) is 0.440. The van der Waals surface area contributed by atoms with Gasteiger partial charge >= 0.3 is 0 Å². The zero-order valence-corrected chi connectivity index (χ0v) is 34.5. The maximum Gasteiger partial charge on any atom is 0.227 e. The van der Waals surface area contributed by atoms with Crippen molar-refractivity contribution in [1.29, 1.82) is 0 Å². The van der Waals surface area contributed by atoms with Gasteiger partial charge in [0, 0.05) is 12.0 Å². The van der Waals surface area contributed by atoms with Crippen LogP contribution in [0.1, 0.15) is 154 Å². The lowest BCUT2D eigenvalue weighted by Crippen LogP contribution is -2.20. The predicted octanol–water partition coefficient (Wildman–Crippen LogP) is 14.5. The van der Waals surface area contributed by atoms with E-state index in [1.54, 1.807) is 0 Å². The maximum absolute atomic E-state index is 6.22. The molecule has 0 amide bonds. The van der Waals surface area contributed by atoms with Crippen molar-refractivity contribution in [2.24, 2.45) is 5.10 Å². The van der Waals surface area contributed by atoms with Crippen molar-refractivity contribution in [3.05, 3.63) is 125 Å². The minimum Gasteiger partial charge on any atom is -0.436 e. The monoisotopic (exact) mass is 721 g/mol. The van der Waals surface area contributed by atoms with Crippen molar-refractivity contribution in [3.8, 4) is 11.5 Å². The third-order valence-corrected chi connectivity index (χ3v) is 11.6. The van der Waals surface area contributed by atoms with Crippen LogP contribution < -0.4 is 5.01 Å². The molecule has 54 heavy (non-hydrogen) atoms. The molecule has 5 aromatic rings. The SMILES string of the molecule is CCCCCC(C)(C)c1ccc(C=CC2=NN(c3ccc(-c4nc5cc(C(C)(C)C)ccc5o4)cc3)C(c3ccc(C(C)(C)CCCCC)cc3)C2)cc1. The van der Waals surface area contributed by atoms with Gasteiger partial charge < -0.3 is 4.42 Å². The number of hydrogen-bond acceptors (Lipinski definition) is 4.